The number of nitrogens with zero attached hydrogens (tertiary/aromatic N) is 4. The SMILES string of the molecule is Cc1nnc2c(OC3CCCC3CN)nccn12. The van der Waals surface area contributed by atoms with E-state index in [9.17, 15) is 0 Å². The monoisotopic (exact) mass is 247 g/mol. The third kappa shape index (κ3) is 1.82. The molecule has 1 fully saturated rings. The zero-order valence-corrected chi connectivity index (χ0v) is 10.4. The molecule has 2 unspecified atom stereocenters. The van der Waals surface area contributed by atoms with E-state index in [4.69, 9.17) is 10.5 Å². The summed E-state index contributed by atoms with van der Waals surface area (Å²) in [5.41, 5.74) is 6.44. The summed E-state index contributed by atoms with van der Waals surface area (Å²) in [6.07, 6.45) is 7.05. The molecule has 1 aliphatic carbocycles. The molecule has 2 N–H and O–H groups in total. The van der Waals surface area contributed by atoms with Crippen molar-refractivity contribution >= 4 is 5.65 Å². The summed E-state index contributed by atoms with van der Waals surface area (Å²) in [5.74, 6) is 1.82. The molecule has 0 bridgehead atoms. The van der Waals surface area contributed by atoms with Crippen LogP contribution in [0.5, 0.6) is 5.88 Å². The first kappa shape index (κ1) is 11.4. The highest BCUT2D eigenvalue weighted by Crippen LogP contribution is 2.29. The number of aromatic nitrogens is 4. The topological polar surface area (TPSA) is 78.3 Å². The third-order valence-corrected chi connectivity index (χ3v) is 3.62. The van der Waals surface area contributed by atoms with Crippen molar-refractivity contribution < 1.29 is 4.74 Å². The molecular weight excluding hydrogens is 230 g/mol. The van der Waals surface area contributed by atoms with E-state index < -0.39 is 0 Å². The lowest BCUT2D eigenvalue weighted by molar-refractivity contribution is 0.157. The molecule has 2 heterocycles. The molecule has 3 rings (SSSR count). The van der Waals surface area contributed by atoms with Crippen molar-refractivity contribution in [1.82, 2.24) is 19.6 Å². The molecule has 0 radical (unpaired) electrons. The molecule has 18 heavy (non-hydrogen) atoms. The summed E-state index contributed by atoms with van der Waals surface area (Å²) in [6.45, 7) is 2.57. The lowest BCUT2D eigenvalue weighted by atomic mass is 10.1. The Morgan fingerprint density at radius 1 is 1.44 bits per heavy atom. The molecule has 0 amide bonds. The maximum atomic E-state index is 5.99. The maximum Gasteiger partial charge on any atom is 0.260 e. The van der Waals surface area contributed by atoms with Crippen LogP contribution < -0.4 is 10.5 Å². The van der Waals surface area contributed by atoms with Gasteiger partial charge in [-0.2, -0.15) is 0 Å². The van der Waals surface area contributed by atoms with Gasteiger partial charge in [0.2, 0.25) is 5.65 Å². The summed E-state index contributed by atoms with van der Waals surface area (Å²) < 4.78 is 7.87. The average molecular weight is 247 g/mol. The molecule has 6 nitrogen and oxygen atoms in total. The molecule has 1 saturated carbocycles. The van der Waals surface area contributed by atoms with E-state index in [2.05, 4.69) is 15.2 Å². The molecular formula is C12H17N5O. The van der Waals surface area contributed by atoms with Crippen LogP contribution in [0.3, 0.4) is 0 Å². The smallest absolute Gasteiger partial charge is 0.260 e. The highest BCUT2D eigenvalue weighted by atomic mass is 16.5. The minimum Gasteiger partial charge on any atom is -0.471 e. The van der Waals surface area contributed by atoms with Crippen LogP contribution in [0.15, 0.2) is 12.4 Å². The van der Waals surface area contributed by atoms with Gasteiger partial charge < -0.3 is 10.5 Å². The predicted molar refractivity (Wildman–Crippen MR) is 66.3 cm³/mol. The van der Waals surface area contributed by atoms with Gasteiger partial charge in [-0.15, -0.1) is 10.2 Å². The van der Waals surface area contributed by atoms with Gasteiger partial charge in [-0.3, -0.25) is 4.40 Å². The fraction of sp³-hybridized carbons (Fsp3) is 0.583. The number of fused-ring (bicyclic) bond motifs is 1. The highest BCUT2D eigenvalue weighted by Gasteiger charge is 2.29. The fourth-order valence-electron chi connectivity index (χ4n) is 2.57. The zero-order valence-electron chi connectivity index (χ0n) is 10.4. The van der Waals surface area contributed by atoms with Gasteiger partial charge in [0.1, 0.15) is 11.9 Å². The van der Waals surface area contributed by atoms with E-state index in [1.807, 2.05) is 17.5 Å². The highest BCUT2D eigenvalue weighted by molar-refractivity contribution is 5.48. The summed E-state index contributed by atoms with van der Waals surface area (Å²) in [4.78, 5) is 4.27. The quantitative estimate of drug-likeness (QED) is 0.873. The Labute approximate surface area is 105 Å². The van der Waals surface area contributed by atoms with Crippen LogP contribution in [-0.2, 0) is 0 Å². The van der Waals surface area contributed by atoms with E-state index in [1.54, 1.807) is 6.20 Å². The first-order chi connectivity index (χ1) is 8.79. The van der Waals surface area contributed by atoms with Crippen LogP contribution in [0, 0.1) is 12.8 Å². The van der Waals surface area contributed by atoms with Crippen LogP contribution >= 0.6 is 0 Å². The van der Waals surface area contributed by atoms with Gasteiger partial charge in [-0.1, -0.05) is 0 Å². The average Bonchev–Trinajstić information content (AvgIpc) is 2.98. The first-order valence-electron chi connectivity index (χ1n) is 6.32. The molecule has 0 aromatic carbocycles. The Morgan fingerprint density at radius 3 is 3.17 bits per heavy atom. The zero-order chi connectivity index (χ0) is 12.5. The van der Waals surface area contributed by atoms with Gasteiger partial charge in [0.05, 0.1) is 0 Å². The van der Waals surface area contributed by atoms with E-state index >= 15 is 0 Å². The predicted octanol–water partition coefficient (Wildman–Crippen LogP) is 0.939. The minimum atomic E-state index is 0.158. The Bertz CT molecular complexity index is 552. The van der Waals surface area contributed by atoms with Gasteiger partial charge >= 0.3 is 0 Å². The van der Waals surface area contributed by atoms with Gasteiger partial charge in [0.15, 0.2) is 0 Å². The Hall–Kier alpha value is -1.69. The lowest BCUT2D eigenvalue weighted by Gasteiger charge is -2.19. The molecule has 2 aromatic heterocycles. The number of hydrogen-bond acceptors (Lipinski definition) is 5. The third-order valence-electron chi connectivity index (χ3n) is 3.62. The van der Waals surface area contributed by atoms with Crippen LogP contribution in [0.25, 0.3) is 5.65 Å². The Kier molecular flexibility index (Phi) is 2.87. The largest absolute Gasteiger partial charge is 0.471 e. The molecule has 0 spiro atoms. The number of aryl methyl sites for hydroxylation is 1. The normalized spacial score (nSPS) is 23.7. The summed E-state index contributed by atoms with van der Waals surface area (Å²) in [7, 11) is 0. The van der Waals surface area contributed by atoms with E-state index in [1.165, 1.54) is 6.42 Å². The molecule has 0 saturated heterocycles. The van der Waals surface area contributed by atoms with Gasteiger partial charge in [-0.25, -0.2) is 4.98 Å². The maximum absolute atomic E-state index is 5.99. The minimum absolute atomic E-state index is 0.158. The van der Waals surface area contributed by atoms with Crippen LogP contribution in [0.4, 0.5) is 0 Å². The standard InChI is InChI=1S/C12H17N5O/c1-8-15-16-11-12(14-5-6-17(8)11)18-10-4-2-3-9(10)7-13/h5-6,9-10H,2-4,7,13H2,1H3. The van der Waals surface area contributed by atoms with Crippen LogP contribution in [-0.4, -0.2) is 32.2 Å². The number of ether oxygens (including phenoxy) is 1. The second kappa shape index (κ2) is 4.53. The Balaban J connectivity index is 1.90. The Morgan fingerprint density at radius 2 is 2.33 bits per heavy atom. The van der Waals surface area contributed by atoms with Crippen molar-refractivity contribution in [3.05, 3.63) is 18.2 Å². The van der Waals surface area contributed by atoms with Crippen molar-refractivity contribution in [3.8, 4) is 5.88 Å². The lowest BCUT2D eigenvalue weighted by Crippen LogP contribution is -2.28. The summed E-state index contributed by atoms with van der Waals surface area (Å²) >= 11 is 0. The van der Waals surface area contributed by atoms with Crippen LogP contribution in [0.1, 0.15) is 25.1 Å². The number of nitrogens with two attached hydrogens (primary N) is 1. The second-order valence-corrected chi connectivity index (χ2v) is 4.76. The number of hydrogen-bond donors (Lipinski definition) is 1. The second-order valence-electron chi connectivity index (χ2n) is 4.76. The van der Waals surface area contributed by atoms with Gasteiger partial charge in [-0.05, 0) is 32.7 Å². The molecule has 2 atom stereocenters. The van der Waals surface area contributed by atoms with E-state index in [0.29, 0.717) is 24.0 Å². The van der Waals surface area contributed by atoms with Crippen molar-refractivity contribution in [2.24, 2.45) is 11.7 Å². The summed E-state index contributed by atoms with van der Waals surface area (Å²) in [6, 6.07) is 0. The van der Waals surface area contributed by atoms with Crippen molar-refractivity contribution in [2.45, 2.75) is 32.3 Å². The molecule has 6 heteroatoms. The van der Waals surface area contributed by atoms with Crippen molar-refractivity contribution in [2.75, 3.05) is 6.54 Å². The van der Waals surface area contributed by atoms with E-state index in [-0.39, 0.29) is 6.10 Å². The fourth-order valence-corrected chi connectivity index (χ4v) is 2.57. The van der Waals surface area contributed by atoms with Crippen LogP contribution in [0.2, 0.25) is 0 Å². The molecule has 0 aliphatic heterocycles. The van der Waals surface area contributed by atoms with Gasteiger partial charge in [0, 0.05) is 18.3 Å². The van der Waals surface area contributed by atoms with Crippen molar-refractivity contribution in [1.29, 1.82) is 0 Å². The molecule has 96 valence electrons. The van der Waals surface area contributed by atoms with Crippen molar-refractivity contribution in [3.63, 3.8) is 0 Å². The first-order valence-corrected chi connectivity index (χ1v) is 6.32. The molecule has 1 aliphatic rings. The number of rotatable bonds is 3. The van der Waals surface area contributed by atoms with E-state index in [0.717, 1.165) is 18.7 Å². The molecule has 2 aromatic rings. The summed E-state index contributed by atoms with van der Waals surface area (Å²) in [5, 5.41) is 8.14. The van der Waals surface area contributed by atoms with Gasteiger partial charge in [0.25, 0.3) is 5.88 Å².